The van der Waals surface area contributed by atoms with Crippen LogP contribution in [0.1, 0.15) is 6.92 Å². The molecule has 2 heterocycles. The molecule has 0 aliphatic carbocycles. The van der Waals surface area contributed by atoms with Crippen molar-refractivity contribution < 1.29 is 18.7 Å². The number of ether oxygens (including phenoxy) is 2. The van der Waals surface area contributed by atoms with Crippen LogP contribution in [0.2, 0.25) is 5.02 Å². The van der Waals surface area contributed by atoms with E-state index in [1.807, 2.05) is 0 Å². The van der Waals surface area contributed by atoms with Crippen LogP contribution < -0.4 is 25.4 Å². The maximum Gasteiger partial charge on any atom is 0.265 e. The molecule has 1 unspecified atom stereocenters. The molecule has 30 heavy (non-hydrogen) atoms. The Morgan fingerprint density at radius 2 is 1.97 bits per heavy atom. The Morgan fingerprint density at radius 1 is 1.20 bits per heavy atom. The largest absolute Gasteiger partial charge is 0.495 e. The first-order chi connectivity index (χ1) is 14.4. The number of amides is 1. The first-order valence-corrected chi connectivity index (χ1v) is 9.32. The van der Waals surface area contributed by atoms with Crippen molar-refractivity contribution in [3.63, 3.8) is 0 Å². The molecule has 0 saturated heterocycles. The smallest absolute Gasteiger partial charge is 0.265 e. The summed E-state index contributed by atoms with van der Waals surface area (Å²) in [5, 5.41) is 9.01. The molecule has 1 atom stereocenters. The lowest BCUT2D eigenvalue weighted by Gasteiger charge is -2.23. The van der Waals surface area contributed by atoms with Gasteiger partial charge in [0, 0.05) is 11.4 Å². The molecule has 1 amide bonds. The van der Waals surface area contributed by atoms with E-state index in [9.17, 15) is 9.18 Å². The zero-order valence-electron chi connectivity index (χ0n) is 16.0. The van der Waals surface area contributed by atoms with E-state index in [0.29, 0.717) is 33.6 Å². The maximum absolute atomic E-state index is 14.3. The molecule has 3 N–H and O–H groups in total. The van der Waals surface area contributed by atoms with E-state index >= 15 is 0 Å². The molecular formula is C20H17ClFN5O3. The van der Waals surface area contributed by atoms with Crippen molar-refractivity contribution in [1.82, 2.24) is 9.97 Å². The van der Waals surface area contributed by atoms with Gasteiger partial charge in [0.05, 0.1) is 24.0 Å². The van der Waals surface area contributed by atoms with E-state index < -0.39 is 11.9 Å². The number of aromatic nitrogens is 2. The van der Waals surface area contributed by atoms with Crippen LogP contribution in [0.4, 0.5) is 33.2 Å². The number of rotatable bonds is 5. The van der Waals surface area contributed by atoms with Gasteiger partial charge in [-0.05, 0) is 43.3 Å². The predicted octanol–water partition coefficient (Wildman–Crippen LogP) is 4.48. The Morgan fingerprint density at radius 3 is 2.73 bits per heavy atom. The third kappa shape index (κ3) is 4.06. The predicted molar refractivity (Wildman–Crippen MR) is 112 cm³/mol. The summed E-state index contributed by atoms with van der Waals surface area (Å²) < 4.78 is 24.9. The summed E-state index contributed by atoms with van der Waals surface area (Å²) in [7, 11) is 1.52. The van der Waals surface area contributed by atoms with Crippen molar-refractivity contribution in [2.75, 3.05) is 23.1 Å². The standard InChI is InChI=1S/C20H17ClFN5O3/c1-10-19(28)26-15-8-12(4-6-17(15)30-10)24-18-14(22)9-23-20(27-18)25-11-3-5-16(29-2)13(21)7-11/h3-10H,1-2H3,(H,26,28)(H2,23,24,25,27). The van der Waals surface area contributed by atoms with Gasteiger partial charge in [0.15, 0.2) is 17.7 Å². The molecule has 4 rings (SSSR count). The third-order valence-corrected chi connectivity index (χ3v) is 4.62. The number of hydrogen-bond acceptors (Lipinski definition) is 7. The number of halogens is 2. The zero-order valence-corrected chi connectivity index (χ0v) is 16.7. The zero-order chi connectivity index (χ0) is 21.3. The van der Waals surface area contributed by atoms with E-state index in [4.69, 9.17) is 21.1 Å². The highest BCUT2D eigenvalue weighted by Gasteiger charge is 2.23. The van der Waals surface area contributed by atoms with Crippen LogP contribution in [0.5, 0.6) is 11.5 Å². The van der Waals surface area contributed by atoms with Gasteiger partial charge >= 0.3 is 0 Å². The van der Waals surface area contributed by atoms with Gasteiger partial charge in [-0.1, -0.05) is 11.6 Å². The maximum atomic E-state index is 14.3. The second kappa shape index (κ2) is 8.03. The highest BCUT2D eigenvalue weighted by atomic mass is 35.5. The van der Waals surface area contributed by atoms with E-state index in [-0.39, 0.29) is 17.7 Å². The highest BCUT2D eigenvalue weighted by molar-refractivity contribution is 6.32. The molecule has 154 valence electrons. The van der Waals surface area contributed by atoms with E-state index in [2.05, 4.69) is 25.9 Å². The fraction of sp³-hybridized carbons (Fsp3) is 0.150. The number of anilines is 5. The Labute approximate surface area is 176 Å². The Bertz CT molecular complexity index is 1130. The Kier molecular flexibility index (Phi) is 5.28. The van der Waals surface area contributed by atoms with Crippen LogP contribution in [0.15, 0.2) is 42.6 Å². The molecule has 3 aromatic rings. The summed E-state index contributed by atoms with van der Waals surface area (Å²) in [6.07, 6.45) is 0.476. The summed E-state index contributed by atoms with van der Waals surface area (Å²) in [5.74, 6) is 0.307. The van der Waals surface area contributed by atoms with E-state index in [1.165, 1.54) is 7.11 Å². The van der Waals surface area contributed by atoms with Crippen LogP contribution in [0.25, 0.3) is 0 Å². The van der Waals surface area contributed by atoms with Crippen LogP contribution in [0.3, 0.4) is 0 Å². The first-order valence-electron chi connectivity index (χ1n) is 8.94. The molecule has 1 aliphatic heterocycles. The molecule has 0 saturated carbocycles. The average Bonchev–Trinajstić information content (AvgIpc) is 2.72. The fourth-order valence-electron chi connectivity index (χ4n) is 2.81. The van der Waals surface area contributed by atoms with Crippen LogP contribution in [-0.2, 0) is 4.79 Å². The Hall–Kier alpha value is -3.59. The molecule has 10 heteroatoms. The Balaban J connectivity index is 1.55. The summed E-state index contributed by atoms with van der Waals surface area (Å²) in [6.45, 7) is 1.66. The molecular weight excluding hydrogens is 413 g/mol. The minimum absolute atomic E-state index is 0.0384. The number of nitrogens with one attached hydrogen (secondary N) is 3. The van der Waals surface area contributed by atoms with Crippen molar-refractivity contribution in [1.29, 1.82) is 0 Å². The molecule has 0 bridgehead atoms. The van der Waals surface area contributed by atoms with Gasteiger partial charge in [-0.3, -0.25) is 4.79 Å². The van der Waals surface area contributed by atoms with Crippen LogP contribution >= 0.6 is 11.6 Å². The van der Waals surface area contributed by atoms with Crippen molar-refractivity contribution in [2.24, 2.45) is 0 Å². The average molecular weight is 430 g/mol. The molecule has 1 aliphatic rings. The minimum atomic E-state index is -0.639. The molecule has 1 aromatic heterocycles. The first kappa shape index (κ1) is 19.7. The molecule has 0 spiro atoms. The number of fused-ring (bicyclic) bond motifs is 1. The summed E-state index contributed by atoms with van der Waals surface area (Å²) in [4.78, 5) is 19.9. The normalized spacial score (nSPS) is 14.9. The SMILES string of the molecule is COc1ccc(Nc2ncc(F)c(Nc3ccc4c(c3)NC(=O)C(C)O4)n2)cc1Cl. The topological polar surface area (TPSA) is 97.4 Å². The van der Waals surface area contributed by atoms with Gasteiger partial charge in [-0.25, -0.2) is 9.37 Å². The molecule has 2 aromatic carbocycles. The molecule has 0 fully saturated rings. The monoisotopic (exact) mass is 429 g/mol. The molecule has 8 nitrogen and oxygen atoms in total. The fourth-order valence-corrected chi connectivity index (χ4v) is 3.07. The van der Waals surface area contributed by atoms with Crippen LogP contribution in [-0.4, -0.2) is 29.1 Å². The lowest BCUT2D eigenvalue weighted by Crippen LogP contribution is -2.34. The summed E-state index contributed by atoms with van der Waals surface area (Å²) >= 11 is 6.12. The molecule has 0 radical (unpaired) electrons. The van der Waals surface area contributed by atoms with Gasteiger partial charge in [-0.15, -0.1) is 0 Å². The van der Waals surface area contributed by atoms with Gasteiger partial charge in [0.25, 0.3) is 5.91 Å². The van der Waals surface area contributed by atoms with Gasteiger partial charge in [0.1, 0.15) is 11.5 Å². The highest BCUT2D eigenvalue weighted by Crippen LogP contribution is 2.33. The quantitative estimate of drug-likeness (QED) is 0.550. The lowest BCUT2D eigenvalue weighted by molar-refractivity contribution is -0.122. The van der Waals surface area contributed by atoms with E-state index in [0.717, 1.165) is 6.20 Å². The second-order valence-electron chi connectivity index (χ2n) is 6.45. The van der Waals surface area contributed by atoms with Crippen molar-refractivity contribution in [2.45, 2.75) is 13.0 Å². The third-order valence-electron chi connectivity index (χ3n) is 4.33. The van der Waals surface area contributed by atoms with Gasteiger partial charge in [-0.2, -0.15) is 4.98 Å². The number of nitrogens with zero attached hydrogens (tertiary/aromatic N) is 2. The van der Waals surface area contributed by atoms with Crippen molar-refractivity contribution in [3.05, 3.63) is 53.4 Å². The summed E-state index contributed by atoms with van der Waals surface area (Å²) in [5.41, 5.74) is 1.62. The lowest BCUT2D eigenvalue weighted by atomic mass is 10.2. The van der Waals surface area contributed by atoms with E-state index in [1.54, 1.807) is 43.3 Å². The number of benzene rings is 2. The van der Waals surface area contributed by atoms with Crippen LogP contribution in [0, 0.1) is 5.82 Å². The van der Waals surface area contributed by atoms with Gasteiger partial charge in [0.2, 0.25) is 5.95 Å². The number of methoxy groups -OCH3 is 1. The van der Waals surface area contributed by atoms with Crippen molar-refractivity contribution >= 4 is 46.3 Å². The second-order valence-corrected chi connectivity index (χ2v) is 6.86. The minimum Gasteiger partial charge on any atom is -0.495 e. The number of hydrogen-bond donors (Lipinski definition) is 3. The number of carbonyl (C=O) groups excluding carboxylic acids is 1. The van der Waals surface area contributed by atoms with Gasteiger partial charge < -0.3 is 25.4 Å². The number of carbonyl (C=O) groups is 1. The van der Waals surface area contributed by atoms with Crippen molar-refractivity contribution in [3.8, 4) is 11.5 Å². The summed E-state index contributed by atoms with van der Waals surface area (Å²) in [6, 6.07) is 10.1.